The van der Waals surface area contributed by atoms with Crippen LogP contribution in [0.3, 0.4) is 0 Å². The quantitative estimate of drug-likeness (QED) is 0.784. The minimum absolute atomic E-state index is 0.0634. The molecule has 0 aromatic carbocycles. The lowest BCUT2D eigenvalue weighted by atomic mass is 10.0. The van der Waals surface area contributed by atoms with Crippen molar-refractivity contribution in [1.29, 1.82) is 0 Å². The first-order valence-electron chi connectivity index (χ1n) is 6.24. The molecular weight excluding hydrogens is 293 g/mol. The van der Waals surface area contributed by atoms with Gasteiger partial charge >= 0.3 is 6.18 Å². The maximum absolute atomic E-state index is 13.1. The third kappa shape index (κ3) is 3.35. The number of hydrogen-bond donors (Lipinski definition) is 0. The van der Waals surface area contributed by atoms with Gasteiger partial charge in [-0.15, -0.1) is 11.6 Å². The predicted octanol–water partition coefficient (Wildman–Crippen LogP) is 3.32. The molecule has 0 saturated carbocycles. The summed E-state index contributed by atoms with van der Waals surface area (Å²) in [5.74, 6) is 0.167. The molecule has 1 aromatic heterocycles. The summed E-state index contributed by atoms with van der Waals surface area (Å²) < 4.78 is 44.9. The summed E-state index contributed by atoms with van der Waals surface area (Å²) in [5, 5.41) is 0. The molecule has 1 aliphatic rings. The second-order valence-electron chi connectivity index (χ2n) is 5.41. The molecule has 1 fully saturated rings. The maximum Gasteiger partial charge on any atom is 0.419 e. The van der Waals surface area contributed by atoms with E-state index < -0.39 is 17.3 Å². The van der Waals surface area contributed by atoms with Crippen LogP contribution in [0, 0.1) is 0 Å². The van der Waals surface area contributed by atoms with Crippen LogP contribution in [0.5, 0.6) is 0 Å². The number of rotatable bonds is 2. The lowest BCUT2D eigenvalue weighted by molar-refractivity contribution is -0.137. The first-order valence-corrected chi connectivity index (χ1v) is 6.77. The molecule has 20 heavy (non-hydrogen) atoms. The van der Waals surface area contributed by atoms with Gasteiger partial charge in [0.05, 0.1) is 23.1 Å². The molecule has 7 heteroatoms. The highest BCUT2D eigenvalue weighted by Gasteiger charge is 2.39. The zero-order valence-corrected chi connectivity index (χ0v) is 12.0. The van der Waals surface area contributed by atoms with Crippen molar-refractivity contribution in [2.24, 2.45) is 0 Å². The Labute approximate surface area is 120 Å². The summed E-state index contributed by atoms with van der Waals surface area (Å²) in [7, 11) is 0. The van der Waals surface area contributed by atoms with Gasteiger partial charge in [0.15, 0.2) is 0 Å². The Bertz CT molecular complexity index is 479. The van der Waals surface area contributed by atoms with Crippen molar-refractivity contribution in [1.82, 2.24) is 4.98 Å². The summed E-state index contributed by atoms with van der Waals surface area (Å²) >= 11 is 5.80. The van der Waals surface area contributed by atoms with E-state index in [-0.39, 0.29) is 17.8 Å². The van der Waals surface area contributed by atoms with Gasteiger partial charge in [-0.25, -0.2) is 4.98 Å². The van der Waals surface area contributed by atoms with Crippen LogP contribution in [0.1, 0.15) is 19.4 Å². The molecule has 0 bridgehead atoms. The fourth-order valence-corrected chi connectivity index (χ4v) is 2.57. The maximum atomic E-state index is 13.1. The van der Waals surface area contributed by atoms with E-state index in [2.05, 4.69) is 4.98 Å². The van der Waals surface area contributed by atoms with Gasteiger partial charge in [0.2, 0.25) is 0 Å². The lowest BCUT2D eigenvalue weighted by Gasteiger charge is -2.43. The number of morpholine rings is 1. The Kier molecular flexibility index (Phi) is 4.16. The smallest absolute Gasteiger partial charge is 0.367 e. The topological polar surface area (TPSA) is 25.4 Å². The Morgan fingerprint density at radius 2 is 2.20 bits per heavy atom. The number of halogens is 4. The van der Waals surface area contributed by atoms with Crippen molar-refractivity contribution in [2.45, 2.75) is 31.7 Å². The van der Waals surface area contributed by atoms with E-state index in [0.717, 1.165) is 6.07 Å². The van der Waals surface area contributed by atoms with E-state index in [1.165, 1.54) is 12.3 Å². The zero-order chi connectivity index (χ0) is 15.0. The van der Waals surface area contributed by atoms with Crippen molar-refractivity contribution in [2.75, 3.05) is 23.9 Å². The number of aromatic nitrogens is 1. The van der Waals surface area contributed by atoms with Crippen LogP contribution in [-0.4, -0.2) is 35.7 Å². The highest BCUT2D eigenvalue weighted by atomic mass is 35.5. The minimum atomic E-state index is -4.43. The van der Waals surface area contributed by atoms with Crippen LogP contribution in [-0.2, 0) is 10.9 Å². The molecule has 0 N–H and O–H groups in total. The Balaban J connectivity index is 2.36. The van der Waals surface area contributed by atoms with E-state index >= 15 is 0 Å². The minimum Gasteiger partial charge on any atom is -0.367 e. The molecule has 1 saturated heterocycles. The van der Waals surface area contributed by atoms with Gasteiger partial charge in [-0.1, -0.05) is 0 Å². The fraction of sp³-hybridized carbons (Fsp3) is 0.615. The van der Waals surface area contributed by atoms with E-state index in [0.29, 0.717) is 13.1 Å². The number of pyridine rings is 1. The summed E-state index contributed by atoms with van der Waals surface area (Å²) in [5.41, 5.74) is -1.30. The normalized spacial score (nSPS) is 22.9. The van der Waals surface area contributed by atoms with Gasteiger partial charge in [0.1, 0.15) is 5.82 Å². The molecule has 1 unspecified atom stereocenters. The van der Waals surface area contributed by atoms with Crippen LogP contribution in [0.2, 0.25) is 0 Å². The number of alkyl halides is 4. The van der Waals surface area contributed by atoms with E-state index in [4.69, 9.17) is 16.3 Å². The van der Waals surface area contributed by atoms with Crippen molar-refractivity contribution in [3.05, 3.63) is 23.9 Å². The fourth-order valence-electron chi connectivity index (χ4n) is 2.41. The number of anilines is 1. The summed E-state index contributed by atoms with van der Waals surface area (Å²) in [6.07, 6.45) is -3.38. The van der Waals surface area contributed by atoms with Crippen molar-refractivity contribution in [3.8, 4) is 0 Å². The Hall–Kier alpha value is -1.01. The molecule has 0 aliphatic carbocycles. The molecule has 0 radical (unpaired) electrons. The van der Waals surface area contributed by atoms with Gasteiger partial charge in [-0.2, -0.15) is 13.2 Å². The number of nitrogens with zero attached hydrogens (tertiary/aromatic N) is 2. The van der Waals surface area contributed by atoms with Gasteiger partial charge in [0.25, 0.3) is 0 Å². The van der Waals surface area contributed by atoms with Gasteiger partial charge in [-0.3, -0.25) is 0 Å². The molecule has 1 atom stereocenters. The average Bonchev–Trinajstić information content (AvgIpc) is 2.35. The van der Waals surface area contributed by atoms with Crippen LogP contribution >= 0.6 is 11.6 Å². The average molecular weight is 309 g/mol. The van der Waals surface area contributed by atoms with Crippen molar-refractivity contribution in [3.63, 3.8) is 0 Å². The first kappa shape index (κ1) is 15.4. The molecule has 0 spiro atoms. The van der Waals surface area contributed by atoms with Gasteiger partial charge in [-0.05, 0) is 26.0 Å². The zero-order valence-electron chi connectivity index (χ0n) is 11.2. The van der Waals surface area contributed by atoms with Crippen LogP contribution in [0.15, 0.2) is 18.3 Å². The third-order valence-corrected chi connectivity index (χ3v) is 3.39. The molecule has 0 amide bonds. The SMILES string of the molecule is CC1(C)CN(c2ncccc2C(F)(F)F)CC(CCl)O1. The second-order valence-corrected chi connectivity index (χ2v) is 5.72. The van der Waals surface area contributed by atoms with E-state index in [1.54, 1.807) is 4.90 Å². The van der Waals surface area contributed by atoms with Crippen LogP contribution in [0.4, 0.5) is 19.0 Å². The molecule has 1 aliphatic heterocycles. The van der Waals surface area contributed by atoms with Crippen molar-refractivity contribution >= 4 is 17.4 Å². The molecule has 1 aromatic rings. The van der Waals surface area contributed by atoms with Crippen molar-refractivity contribution < 1.29 is 17.9 Å². The lowest BCUT2D eigenvalue weighted by Crippen LogP contribution is -2.54. The first-order chi connectivity index (χ1) is 9.23. The van der Waals surface area contributed by atoms with E-state index in [9.17, 15) is 13.2 Å². The second kappa shape index (κ2) is 5.41. The standard InChI is InChI=1S/C13H16ClF3N2O/c1-12(2)8-19(7-9(6-14)20-12)11-10(13(15,16)17)4-3-5-18-11/h3-5,9H,6-8H2,1-2H3. The Morgan fingerprint density at radius 3 is 2.80 bits per heavy atom. The molecule has 2 rings (SSSR count). The summed E-state index contributed by atoms with van der Waals surface area (Å²) in [6.45, 7) is 4.29. The van der Waals surface area contributed by atoms with Crippen LogP contribution in [0.25, 0.3) is 0 Å². The molecule has 2 heterocycles. The highest BCUT2D eigenvalue weighted by molar-refractivity contribution is 6.18. The monoisotopic (exact) mass is 308 g/mol. The molecular formula is C13H16ClF3N2O. The van der Waals surface area contributed by atoms with E-state index in [1.807, 2.05) is 13.8 Å². The number of hydrogen-bond acceptors (Lipinski definition) is 3. The van der Waals surface area contributed by atoms with Gasteiger partial charge in [0, 0.05) is 19.3 Å². The Morgan fingerprint density at radius 1 is 1.50 bits per heavy atom. The molecule has 3 nitrogen and oxygen atoms in total. The number of ether oxygens (including phenoxy) is 1. The summed E-state index contributed by atoms with van der Waals surface area (Å²) in [6, 6.07) is 2.33. The highest BCUT2D eigenvalue weighted by Crippen LogP contribution is 2.37. The largest absolute Gasteiger partial charge is 0.419 e. The predicted molar refractivity (Wildman–Crippen MR) is 71.1 cm³/mol. The summed E-state index contributed by atoms with van der Waals surface area (Å²) in [4.78, 5) is 5.51. The molecule has 112 valence electrons. The van der Waals surface area contributed by atoms with Gasteiger partial charge < -0.3 is 9.64 Å². The third-order valence-electron chi connectivity index (χ3n) is 3.05. The van der Waals surface area contributed by atoms with Crippen LogP contribution < -0.4 is 4.90 Å².